The highest BCUT2D eigenvalue weighted by Crippen LogP contribution is 2.33. The van der Waals surface area contributed by atoms with Gasteiger partial charge in [0.2, 0.25) is 0 Å². The van der Waals surface area contributed by atoms with Crippen LogP contribution in [0.2, 0.25) is 0 Å². The summed E-state index contributed by atoms with van der Waals surface area (Å²) >= 11 is 2.66. The number of thiophene rings is 1. The number of nitrogens with zero attached hydrogens (tertiary/aromatic N) is 1. The van der Waals surface area contributed by atoms with Crippen LogP contribution in [0, 0.1) is 20.8 Å². The molecule has 0 radical (unpaired) electrons. The third-order valence-electron chi connectivity index (χ3n) is 3.04. The summed E-state index contributed by atoms with van der Waals surface area (Å²) in [7, 11) is 0. The molecule has 21 heavy (non-hydrogen) atoms. The molecular weight excluding hydrogens is 308 g/mol. The van der Waals surface area contributed by atoms with Crippen molar-refractivity contribution in [1.82, 2.24) is 4.98 Å². The molecule has 0 saturated heterocycles. The van der Waals surface area contributed by atoms with Crippen LogP contribution in [-0.2, 0) is 4.74 Å². The summed E-state index contributed by atoms with van der Waals surface area (Å²) in [5.41, 5.74) is 3.59. The molecule has 7 heteroatoms. The zero-order valence-corrected chi connectivity index (χ0v) is 13.9. The number of ether oxygens (including phenoxy) is 1. The van der Waals surface area contributed by atoms with Crippen molar-refractivity contribution in [2.24, 2.45) is 0 Å². The van der Waals surface area contributed by atoms with E-state index in [1.54, 1.807) is 19.4 Å². The lowest BCUT2D eigenvalue weighted by atomic mass is 10.1. The molecule has 0 fully saturated rings. The van der Waals surface area contributed by atoms with Crippen molar-refractivity contribution in [2.45, 2.75) is 27.7 Å². The largest absolute Gasteiger partial charge is 0.462 e. The summed E-state index contributed by atoms with van der Waals surface area (Å²) in [4.78, 5) is 29.9. The fourth-order valence-corrected chi connectivity index (χ4v) is 3.58. The number of aryl methyl sites for hydroxylation is 2. The number of thiazole rings is 1. The third-order valence-corrected chi connectivity index (χ3v) is 5.09. The number of carbonyl (C=O) groups excluding carboxylic acids is 2. The molecule has 2 rings (SSSR count). The quantitative estimate of drug-likeness (QED) is 0.873. The molecule has 0 spiro atoms. The van der Waals surface area contributed by atoms with Crippen LogP contribution < -0.4 is 5.32 Å². The van der Waals surface area contributed by atoms with Gasteiger partial charge >= 0.3 is 5.97 Å². The van der Waals surface area contributed by atoms with Crippen LogP contribution in [0.4, 0.5) is 5.00 Å². The molecule has 1 N–H and O–H groups in total. The minimum atomic E-state index is -0.407. The first-order valence-corrected chi connectivity index (χ1v) is 8.13. The fraction of sp³-hybridized carbons (Fsp3) is 0.357. The van der Waals surface area contributed by atoms with Crippen LogP contribution in [0.5, 0.6) is 0 Å². The molecule has 2 aromatic rings. The summed E-state index contributed by atoms with van der Waals surface area (Å²) in [6.07, 6.45) is 0. The van der Waals surface area contributed by atoms with Gasteiger partial charge in [0.15, 0.2) is 0 Å². The number of rotatable bonds is 4. The Morgan fingerprint density at radius 1 is 1.33 bits per heavy atom. The Balaban J connectivity index is 2.32. The third kappa shape index (κ3) is 3.14. The van der Waals surface area contributed by atoms with E-state index in [2.05, 4.69) is 10.3 Å². The van der Waals surface area contributed by atoms with Crippen LogP contribution in [0.15, 0.2) is 5.51 Å². The maximum Gasteiger partial charge on any atom is 0.341 e. The van der Waals surface area contributed by atoms with Crippen molar-refractivity contribution >= 4 is 39.6 Å². The van der Waals surface area contributed by atoms with Crippen LogP contribution in [0.3, 0.4) is 0 Å². The lowest BCUT2D eigenvalue weighted by molar-refractivity contribution is 0.0527. The van der Waals surface area contributed by atoms with Gasteiger partial charge in [-0.25, -0.2) is 9.78 Å². The Labute approximate surface area is 131 Å². The lowest BCUT2D eigenvalue weighted by Crippen LogP contribution is -2.14. The van der Waals surface area contributed by atoms with Crippen LogP contribution in [0.1, 0.15) is 43.1 Å². The second-order valence-corrected chi connectivity index (χ2v) is 6.51. The zero-order valence-electron chi connectivity index (χ0n) is 12.3. The molecule has 0 aliphatic heterocycles. The van der Waals surface area contributed by atoms with Crippen molar-refractivity contribution < 1.29 is 14.3 Å². The van der Waals surface area contributed by atoms with Crippen molar-refractivity contribution in [3.8, 4) is 0 Å². The molecule has 0 bridgehead atoms. The van der Waals surface area contributed by atoms with E-state index >= 15 is 0 Å². The van der Waals surface area contributed by atoms with Gasteiger partial charge < -0.3 is 10.1 Å². The van der Waals surface area contributed by atoms with Gasteiger partial charge in [-0.15, -0.1) is 22.7 Å². The molecule has 0 saturated carbocycles. The molecule has 0 aliphatic carbocycles. The van der Waals surface area contributed by atoms with Gasteiger partial charge in [0.05, 0.1) is 23.4 Å². The zero-order chi connectivity index (χ0) is 15.6. The highest BCUT2D eigenvalue weighted by atomic mass is 32.1. The molecule has 0 atom stereocenters. The van der Waals surface area contributed by atoms with E-state index in [4.69, 9.17) is 4.74 Å². The number of carbonyl (C=O) groups is 2. The van der Waals surface area contributed by atoms with Gasteiger partial charge in [0.25, 0.3) is 5.91 Å². The van der Waals surface area contributed by atoms with E-state index in [-0.39, 0.29) is 5.91 Å². The van der Waals surface area contributed by atoms with Gasteiger partial charge in [0, 0.05) is 4.88 Å². The number of anilines is 1. The average Bonchev–Trinajstić information content (AvgIpc) is 2.95. The highest BCUT2D eigenvalue weighted by molar-refractivity contribution is 7.17. The molecule has 0 aliphatic rings. The number of hydrogen-bond acceptors (Lipinski definition) is 6. The van der Waals surface area contributed by atoms with Crippen molar-refractivity contribution in [2.75, 3.05) is 11.9 Å². The van der Waals surface area contributed by atoms with Gasteiger partial charge in [-0.2, -0.15) is 0 Å². The van der Waals surface area contributed by atoms with Crippen LogP contribution in [-0.4, -0.2) is 23.5 Å². The second kappa shape index (κ2) is 6.36. The van der Waals surface area contributed by atoms with E-state index in [1.807, 2.05) is 13.8 Å². The normalized spacial score (nSPS) is 10.5. The monoisotopic (exact) mass is 324 g/mol. The maximum atomic E-state index is 12.3. The first-order valence-electron chi connectivity index (χ1n) is 6.44. The number of aromatic nitrogens is 1. The predicted octanol–water partition coefficient (Wildman–Crippen LogP) is 3.56. The summed E-state index contributed by atoms with van der Waals surface area (Å²) in [5.74, 6) is -0.655. The summed E-state index contributed by atoms with van der Waals surface area (Å²) in [5, 5.41) is 3.33. The lowest BCUT2D eigenvalue weighted by Gasteiger charge is -2.06. The minimum Gasteiger partial charge on any atom is -0.462 e. The number of amides is 1. The SMILES string of the molecule is CCOC(=O)c1c(NC(=O)c2scnc2C)sc(C)c1C. The van der Waals surface area contributed by atoms with Crippen LogP contribution in [0.25, 0.3) is 0 Å². The highest BCUT2D eigenvalue weighted by Gasteiger charge is 2.23. The molecule has 2 aromatic heterocycles. The molecule has 2 heterocycles. The first kappa shape index (κ1) is 15.7. The molecular formula is C14H16N2O3S2. The molecule has 1 amide bonds. The van der Waals surface area contributed by atoms with Crippen LogP contribution >= 0.6 is 22.7 Å². The van der Waals surface area contributed by atoms with Gasteiger partial charge in [-0.05, 0) is 33.3 Å². The van der Waals surface area contributed by atoms with E-state index in [9.17, 15) is 9.59 Å². The van der Waals surface area contributed by atoms with Gasteiger partial charge in [-0.1, -0.05) is 0 Å². The Bertz CT molecular complexity index is 688. The Kier molecular flexibility index (Phi) is 4.74. The smallest absolute Gasteiger partial charge is 0.341 e. The second-order valence-electron chi connectivity index (χ2n) is 4.43. The first-order chi connectivity index (χ1) is 9.95. The topological polar surface area (TPSA) is 68.3 Å². The summed E-state index contributed by atoms with van der Waals surface area (Å²) in [6, 6.07) is 0. The minimum absolute atomic E-state index is 0.248. The van der Waals surface area contributed by atoms with E-state index in [0.29, 0.717) is 27.7 Å². The van der Waals surface area contributed by atoms with Crippen molar-refractivity contribution in [3.63, 3.8) is 0 Å². The predicted molar refractivity (Wildman–Crippen MR) is 84.6 cm³/mol. The molecule has 0 unspecified atom stereocenters. The fourth-order valence-electron chi connectivity index (χ4n) is 1.84. The van der Waals surface area contributed by atoms with E-state index in [0.717, 1.165) is 10.4 Å². The van der Waals surface area contributed by atoms with Crippen molar-refractivity contribution in [3.05, 3.63) is 32.1 Å². The standard InChI is InChI=1S/C14H16N2O3S2/c1-5-19-14(18)10-7(2)9(4)21-13(10)16-12(17)11-8(3)15-6-20-11/h6H,5H2,1-4H3,(H,16,17). The summed E-state index contributed by atoms with van der Waals surface area (Å²) in [6.45, 7) is 7.60. The molecule has 0 aromatic carbocycles. The maximum absolute atomic E-state index is 12.3. The Morgan fingerprint density at radius 3 is 2.62 bits per heavy atom. The number of nitrogens with one attached hydrogen (secondary N) is 1. The van der Waals surface area contributed by atoms with Crippen molar-refractivity contribution in [1.29, 1.82) is 0 Å². The number of esters is 1. The van der Waals surface area contributed by atoms with Gasteiger partial charge in [0.1, 0.15) is 9.88 Å². The van der Waals surface area contributed by atoms with E-state index in [1.165, 1.54) is 22.7 Å². The molecule has 5 nitrogen and oxygen atoms in total. The summed E-state index contributed by atoms with van der Waals surface area (Å²) < 4.78 is 5.07. The van der Waals surface area contributed by atoms with E-state index < -0.39 is 5.97 Å². The number of hydrogen-bond donors (Lipinski definition) is 1. The molecule has 112 valence electrons. The van der Waals surface area contributed by atoms with Gasteiger partial charge in [-0.3, -0.25) is 4.79 Å². The average molecular weight is 324 g/mol. The Hall–Kier alpha value is -1.73. The Morgan fingerprint density at radius 2 is 2.05 bits per heavy atom.